The van der Waals surface area contributed by atoms with Crippen LogP contribution in [0.5, 0.6) is 0 Å². The number of carbonyl (C=O) groups is 1. The second kappa shape index (κ2) is 7.81. The highest BCUT2D eigenvalue weighted by Gasteiger charge is 2.20. The minimum Gasteiger partial charge on any atom is -0.325 e. The third-order valence-corrected chi connectivity index (χ3v) is 5.64. The van der Waals surface area contributed by atoms with Crippen LogP contribution < -0.4 is 5.32 Å². The van der Waals surface area contributed by atoms with E-state index in [0.29, 0.717) is 5.02 Å². The molecule has 0 radical (unpaired) electrons. The van der Waals surface area contributed by atoms with Gasteiger partial charge in [-0.25, -0.2) is 8.42 Å². The maximum absolute atomic E-state index is 12.3. The van der Waals surface area contributed by atoms with Crippen LogP contribution in [0.4, 0.5) is 5.69 Å². The fraction of sp³-hybridized carbons (Fsp3) is 0.278. The van der Waals surface area contributed by atoms with E-state index in [4.69, 9.17) is 11.6 Å². The number of halogens is 1. The zero-order chi connectivity index (χ0) is 17.7. The molecule has 24 heavy (non-hydrogen) atoms. The minimum absolute atomic E-state index is 0.0848. The number of hydrogen-bond donors (Lipinski definition) is 1. The Balaban J connectivity index is 2.21. The van der Waals surface area contributed by atoms with Crippen LogP contribution in [0, 0.1) is 0 Å². The molecule has 0 aliphatic heterocycles. The number of sulfone groups is 1. The van der Waals surface area contributed by atoms with Crippen molar-refractivity contribution in [3.8, 4) is 0 Å². The first-order chi connectivity index (χ1) is 11.4. The minimum atomic E-state index is -3.71. The van der Waals surface area contributed by atoms with Crippen LogP contribution >= 0.6 is 11.6 Å². The van der Waals surface area contributed by atoms with Gasteiger partial charge < -0.3 is 5.32 Å². The van der Waals surface area contributed by atoms with Crippen molar-refractivity contribution in [1.82, 2.24) is 0 Å². The van der Waals surface area contributed by atoms with Crippen LogP contribution in [0.3, 0.4) is 0 Å². The number of rotatable bonds is 6. The number of hydrogen-bond acceptors (Lipinski definition) is 3. The van der Waals surface area contributed by atoms with Crippen molar-refractivity contribution in [3.63, 3.8) is 0 Å². The Morgan fingerprint density at radius 3 is 2.04 bits per heavy atom. The summed E-state index contributed by atoms with van der Waals surface area (Å²) in [6, 6.07) is 11.6. The fourth-order valence-electron chi connectivity index (χ4n) is 2.48. The summed E-state index contributed by atoms with van der Waals surface area (Å²) >= 11 is 5.77. The SMILES string of the molecule is CCc1cccc(CC)c1NC(=O)CS(=O)(=O)c1ccc(Cl)cc1. The average molecular weight is 366 g/mol. The van der Waals surface area contributed by atoms with Crippen LogP contribution in [-0.4, -0.2) is 20.1 Å². The van der Waals surface area contributed by atoms with Gasteiger partial charge in [0.05, 0.1) is 4.90 Å². The lowest BCUT2D eigenvalue weighted by Gasteiger charge is -2.14. The first-order valence-corrected chi connectivity index (χ1v) is 9.79. The van der Waals surface area contributed by atoms with E-state index in [1.165, 1.54) is 24.3 Å². The lowest BCUT2D eigenvalue weighted by Crippen LogP contribution is -2.24. The molecule has 0 aromatic heterocycles. The molecule has 0 fully saturated rings. The van der Waals surface area contributed by atoms with E-state index in [-0.39, 0.29) is 4.90 Å². The molecule has 0 saturated carbocycles. The number of aryl methyl sites for hydroxylation is 2. The highest BCUT2D eigenvalue weighted by molar-refractivity contribution is 7.92. The van der Waals surface area contributed by atoms with Gasteiger partial charge in [0.25, 0.3) is 0 Å². The van der Waals surface area contributed by atoms with Gasteiger partial charge >= 0.3 is 0 Å². The van der Waals surface area contributed by atoms with Gasteiger partial charge in [0.15, 0.2) is 9.84 Å². The maximum atomic E-state index is 12.3. The van der Waals surface area contributed by atoms with Crippen molar-refractivity contribution < 1.29 is 13.2 Å². The van der Waals surface area contributed by atoms with E-state index in [2.05, 4.69) is 5.32 Å². The zero-order valence-corrected chi connectivity index (χ0v) is 15.2. The Labute approximate surface area is 147 Å². The Hall–Kier alpha value is -1.85. The molecule has 0 heterocycles. The van der Waals surface area contributed by atoms with Crippen LogP contribution in [0.15, 0.2) is 47.4 Å². The van der Waals surface area contributed by atoms with E-state index in [1.54, 1.807) is 0 Å². The molecule has 128 valence electrons. The molecule has 1 N–H and O–H groups in total. The van der Waals surface area contributed by atoms with Crippen LogP contribution in [0.25, 0.3) is 0 Å². The average Bonchev–Trinajstić information content (AvgIpc) is 2.54. The molecular weight excluding hydrogens is 346 g/mol. The van der Waals surface area contributed by atoms with E-state index < -0.39 is 21.5 Å². The highest BCUT2D eigenvalue weighted by atomic mass is 35.5. The third kappa shape index (κ3) is 4.36. The van der Waals surface area contributed by atoms with Gasteiger partial charge in [-0.05, 0) is 48.2 Å². The van der Waals surface area contributed by atoms with Crippen molar-refractivity contribution in [3.05, 3.63) is 58.6 Å². The summed E-state index contributed by atoms with van der Waals surface area (Å²) in [4.78, 5) is 12.4. The predicted octanol–water partition coefficient (Wildman–Crippen LogP) is 3.88. The molecule has 2 aromatic rings. The fourth-order valence-corrected chi connectivity index (χ4v) is 3.74. The molecule has 0 unspecified atom stereocenters. The molecule has 0 aliphatic rings. The second-order valence-electron chi connectivity index (χ2n) is 5.42. The molecule has 0 saturated heterocycles. The molecule has 0 atom stereocenters. The molecule has 0 bridgehead atoms. The van der Waals surface area contributed by atoms with Crippen molar-refractivity contribution in [2.24, 2.45) is 0 Å². The van der Waals surface area contributed by atoms with E-state index in [0.717, 1.165) is 29.7 Å². The summed E-state index contributed by atoms with van der Waals surface area (Å²) in [6.07, 6.45) is 1.51. The summed E-state index contributed by atoms with van der Waals surface area (Å²) in [5.74, 6) is -1.14. The molecule has 2 aromatic carbocycles. The summed E-state index contributed by atoms with van der Waals surface area (Å²) in [6.45, 7) is 3.99. The first-order valence-electron chi connectivity index (χ1n) is 7.76. The van der Waals surface area contributed by atoms with E-state index in [9.17, 15) is 13.2 Å². The lowest BCUT2D eigenvalue weighted by molar-refractivity contribution is -0.113. The number of nitrogens with one attached hydrogen (secondary N) is 1. The first kappa shape index (κ1) is 18.5. The molecular formula is C18H20ClNO3S. The maximum Gasteiger partial charge on any atom is 0.239 e. The highest BCUT2D eigenvalue weighted by Crippen LogP contribution is 2.23. The molecule has 0 spiro atoms. The van der Waals surface area contributed by atoms with Crippen LogP contribution in [-0.2, 0) is 27.5 Å². The quantitative estimate of drug-likeness (QED) is 0.844. The number of anilines is 1. The monoisotopic (exact) mass is 365 g/mol. The normalized spacial score (nSPS) is 11.3. The Morgan fingerprint density at radius 1 is 1.00 bits per heavy atom. The molecule has 0 aliphatic carbocycles. The number of amides is 1. The molecule has 4 nitrogen and oxygen atoms in total. The predicted molar refractivity (Wildman–Crippen MR) is 97.3 cm³/mol. The smallest absolute Gasteiger partial charge is 0.239 e. The third-order valence-electron chi connectivity index (χ3n) is 3.76. The number of benzene rings is 2. The summed E-state index contributed by atoms with van der Waals surface area (Å²) < 4.78 is 24.7. The summed E-state index contributed by atoms with van der Waals surface area (Å²) in [5, 5.41) is 3.22. The van der Waals surface area contributed by atoms with E-state index >= 15 is 0 Å². The van der Waals surface area contributed by atoms with Crippen LogP contribution in [0.2, 0.25) is 5.02 Å². The van der Waals surface area contributed by atoms with Crippen molar-refractivity contribution in [1.29, 1.82) is 0 Å². The Bertz CT molecular complexity index is 808. The van der Waals surface area contributed by atoms with Gasteiger partial charge in [-0.3, -0.25) is 4.79 Å². The Morgan fingerprint density at radius 2 is 1.54 bits per heavy atom. The summed E-state index contributed by atoms with van der Waals surface area (Å²) in [5.41, 5.74) is 2.71. The van der Waals surface area contributed by atoms with Gasteiger partial charge in [-0.1, -0.05) is 43.6 Å². The van der Waals surface area contributed by atoms with Gasteiger partial charge in [0.2, 0.25) is 5.91 Å². The molecule has 1 amide bonds. The molecule has 6 heteroatoms. The van der Waals surface area contributed by atoms with Crippen LogP contribution in [0.1, 0.15) is 25.0 Å². The zero-order valence-electron chi connectivity index (χ0n) is 13.7. The number of carbonyl (C=O) groups excluding carboxylic acids is 1. The largest absolute Gasteiger partial charge is 0.325 e. The van der Waals surface area contributed by atoms with Crippen molar-refractivity contribution >= 4 is 33.0 Å². The summed E-state index contributed by atoms with van der Waals surface area (Å²) in [7, 11) is -3.71. The van der Waals surface area contributed by atoms with Gasteiger partial charge in [0, 0.05) is 10.7 Å². The van der Waals surface area contributed by atoms with E-state index in [1.807, 2.05) is 32.0 Å². The molecule has 2 rings (SSSR count). The topological polar surface area (TPSA) is 63.2 Å². The van der Waals surface area contributed by atoms with Gasteiger partial charge in [-0.15, -0.1) is 0 Å². The van der Waals surface area contributed by atoms with Gasteiger partial charge in [0.1, 0.15) is 5.75 Å². The standard InChI is InChI=1S/C18H20ClNO3S/c1-3-13-6-5-7-14(4-2)18(13)20-17(21)12-24(22,23)16-10-8-15(19)9-11-16/h5-11H,3-4,12H2,1-2H3,(H,20,21). The van der Waals surface area contributed by atoms with Gasteiger partial charge in [-0.2, -0.15) is 0 Å². The second-order valence-corrected chi connectivity index (χ2v) is 7.85. The van der Waals surface area contributed by atoms with Crippen molar-refractivity contribution in [2.45, 2.75) is 31.6 Å². The lowest BCUT2D eigenvalue weighted by atomic mass is 10.0. The Kier molecular flexibility index (Phi) is 6.02. The van der Waals surface area contributed by atoms with Crippen molar-refractivity contribution in [2.75, 3.05) is 11.1 Å². The number of para-hydroxylation sites is 1.